The summed E-state index contributed by atoms with van der Waals surface area (Å²) >= 11 is 3.59. The van der Waals surface area contributed by atoms with Crippen LogP contribution in [0.25, 0.3) is 0 Å². The first-order valence-corrected chi connectivity index (χ1v) is 14.5. The molecule has 8 heteroatoms. The molecule has 1 N–H and O–H groups in total. The molecule has 0 bridgehead atoms. The van der Waals surface area contributed by atoms with Crippen LogP contribution in [-0.2, 0) is 16.1 Å². The lowest BCUT2D eigenvalue weighted by Gasteiger charge is -2.42. The number of benzene rings is 2. The number of fused-ring (bicyclic) bond motifs is 1. The molecule has 0 saturated carbocycles. The predicted molar refractivity (Wildman–Crippen MR) is 152 cm³/mol. The van der Waals surface area contributed by atoms with Crippen molar-refractivity contribution in [1.29, 1.82) is 0 Å². The Morgan fingerprint density at radius 1 is 1.18 bits per heavy atom. The maximum Gasteiger partial charge on any atom is 0.265 e. The third-order valence-corrected chi connectivity index (χ3v) is 7.92. The number of rotatable bonds is 9. The van der Waals surface area contributed by atoms with Crippen molar-refractivity contribution >= 4 is 27.7 Å². The van der Waals surface area contributed by atoms with Crippen LogP contribution >= 0.6 is 15.9 Å². The Hall–Kier alpha value is -2.58. The number of methoxy groups -OCH3 is 1. The van der Waals surface area contributed by atoms with Crippen LogP contribution in [0.4, 0.5) is 0 Å². The lowest BCUT2D eigenvalue weighted by Crippen LogP contribution is -2.55. The van der Waals surface area contributed by atoms with Crippen molar-refractivity contribution in [3.63, 3.8) is 0 Å². The quantitative estimate of drug-likeness (QED) is 0.403. The topological polar surface area (TPSA) is 71.1 Å². The summed E-state index contributed by atoms with van der Waals surface area (Å²) in [5.41, 5.74) is 1.94. The number of carbonyl (C=O) groups excluding carboxylic acids is 2. The summed E-state index contributed by atoms with van der Waals surface area (Å²) in [6, 6.07) is 13.3. The van der Waals surface area contributed by atoms with Gasteiger partial charge in [0.2, 0.25) is 5.91 Å². The zero-order valence-electron chi connectivity index (χ0n) is 22.9. The van der Waals surface area contributed by atoms with Gasteiger partial charge in [-0.2, -0.15) is 0 Å². The molecule has 2 unspecified atom stereocenters. The van der Waals surface area contributed by atoms with Gasteiger partial charge in [0.05, 0.1) is 7.11 Å². The first kappa shape index (κ1) is 28.4. The Kier molecular flexibility index (Phi) is 9.71. The fraction of sp³-hybridized carbons (Fsp3) is 0.533. The molecule has 1 fully saturated rings. The second-order valence-corrected chi connectivity index (χ2v) is 11.5. The average molecular weight is 587 g/mol. The number of nitrogens with one attached hydrogen (secondary N) is 1. The minimum absolute atomic E-state index is 0.0720. The van der Waals surface area contributed by atoms with E-state index in [0.717, 1.165) is 49.8 Å². The fourth-order valence-electron chi connectivity index (χ4n) is 5.43. The molecule has 2 aliphatic heterocycles. The van der Waals surface area contributed by atoms with Gasteiger partial charge in [-0.1, -0.05) is 73.5 Å². The van der Waals surface area contributed by atoms with Gasteiger partial charge in [0, 0.05) is 42.3 Å². The van der Waals surface area contributed by atoms with E-state index in [1.807, 2.05) is 36.9 Å². The highest BCUT2D eigenvalue weighted by Gasteiger charge is 2.46. The number of piperidine rings is 1. The van der Waals surface area contributed by atoms with Crippen molar-refractivity contribution in [3.8, 4) is 11.5 Å². The van der Waals surface area contributed by atoms with Crippen LogP contribution in [0.5, 0.6) is 11.5 Å². The van der Waals surface area contributed by atoms with Gasteiger partial charge in [0.1, 0.15) is 6.04 Å². The largest absolute Gasteiger partial charge is 0.493 e. The van der Waals surface area contributed by atoms with Crippen molar-refractivity contribution in [2.45, 2.75) is 71.2 Å². The van der Waals surface area contributed by atoms with Crippen LogP contribution in [0.1, 0.15) is 63.6 Å². The molecule has 2 atom stereocenters. The van der Waals surface area contributed by atoms with E-state index in [2.05, 4.69) is 57.3 Å². The fourth-order valence-corrected chi connectivity index (χ4v) is 5.89. The van der Waals surface area contributed by atoms with Gasteiger partial charge in [-0.15, -0.1) is 0 Å². The summed E-state index contributed by atoms with van der Waals surface area (Å²) in [4.78, 5) is 32.3. The van der Waals surface area contributed by atoms with E-state index in [1.54, 1.807) is 7.11 Å². The highest BCUT2D eigenvalue weighted by molar-refractivity contribution is 9.10. The van der Waals surface area contributed by atoms with Crippen molar-refractivity contribution in [1.82, 2.24) is 15.1 Å². The Morgan fingerprint density at radius 2 is 1.89 bits per heavy atom. The van der Waals surface area contributed by atoms with Crippen molar-refractivity contribution in [2.24, 2.45) is 5.92 Å². The van der Waals surface area contributed by atoms with Crippen LogP contribution in [0.3, 0.4) is 0 Å². The Morgan fingerprint density at radius 3 is 2.53 bits per heavy atom. The number of likely N-dealkylation sites (tertiary alicyclic amines) is 1. The van der Waals surface area contributed by atoms with Gasteiger partial charge >= 0.3 is 0 Å². The van der Waals surface area contributed by atoms with Gasteiger partial charge in [-0.3, -0.25) is 14.5 Å². The molecular formula is C30H40BrN3O4. The number of amides is 2. The molecule has 4 rings (SSSR count). The van der Waals surface area contributed by atoms with Crippen LogP contribution in [0.15, 0.2) is 46.9 Å². The summed E-state index contributed by atoms with van der Waals surface area (Å²) in [6.45, 7) is 9.22. The van der Waals surface area contributed by atoms with Crippen LogP contribution in [-0.4, -0.2) is 60.5 Å². The monoisotopic (exact) mass is 585 g/mol. The number of carbonyl (C=O) groups is 2. The van der Waals surface area contributed by atoms with Crippen molar-refractivity contribution in [3.05, 3.63) is 58.1 Å². The molecule has 0 aromatic heterocycles. The highest BCUT2D eigenvalue weighted by Crippen LogP contribution is 2.45. The molecule has 2 amide bonds. The van der Waals surface area contributed by atoms with Crippen LogP contribution < -0.4 is 14.8 Å². The van der Waals surface area contributed by atoms with E-state index in [0.29, 0.717) is 23.6 Å². The Balaban J connectivity index is 1.69. The molecule has 2 heterocycles. The highest BCUT2D eigenvalue weighted by atomic mass is 79.9. The van der Waals surface area contributed by atoms with Gasteiger partial charge in [-0.25, -0.2) is 0 Å². The molecule has 0 radical (unpaired) electrons. The predicted octanol–water partition coefficient (Wildman–Crippen LogP) is 5.33. The number of halogens is 1. The molecule has 7 nitrogen and oxygen atoms in total. The third kappa shape index (κ3) is 6.34. The summed E-state index contributed by atoms with van der Waals surface area (Å²) in [5, 5.41) is 3.10. The summed E-state index contributed by atoms with van der Waals surface area (Å²) in [6.07, 6.45) is 2.73. The summed E-state index contributed by atoms with van der Waals surface area (Å²) in [7, 11) is 1.58. The van der Waals surface area contributed by atoms with Gasteiger partial charge in [0.15, 0.2) is 17.6 Å². The second-order valence-electron chi connectivity index (χ2n) is 10.6. The number of ether oxygens (including phenoxy) is 2. The summed E-state index contributed by atoms with van der Waals surface area (Å²) in [5.74, 6) is 0.604. The smallest absolute Gasteiger partial charge is 0.265 e. The van der Waals surface area contributed by atoms with Crippen LogP contribution in [0.2, 0.25) is 0 Å². The first-order valence-electron chi connectivity index (χ1n) is 13.7. The van der Waals surface area contributed by atoms with E-state index < -0.39 is 12.1 Å². The molecule has 0 aliphatic carbocycles. The number of nitrogens with zero attached hydrogens (tertiary/aromatic N) is 2. The second kappa shape index (κ2) is 13.0. The number of hydrogen-bond donors (Lipinski definition) is 1. The normalized spacial score (nSPS) is 20.6. The van der Waals surface area contributed by atoms with Gasteiger partial charge < -0.3 is 19.7 Å². The molecular weight excluding hydrogens is 546 g/mol. The number of hydrogen-bond acceptors (Lipinski definition) is 5. The lowest BCUT2D eigenvalue weighted by atomic mass is 9.95. The Labute approximate surface area is 235 Å². The summed E-state index contributed by atoms with van der Waals surface area (Å²) < 4.78 is 12.8. The molecule has 0 spiro atoms. The maximum absolute atomic E-state index is 14.2. The molecule has 2 aliphatic rings. The molecule has 2 aromatic rings. The maximum atomic E-state index is 14.2. The molecule has 206 valence electrons. The zero-order valence-corrected chi connectivity index (χ0v) is 24.5. The minimum Gasteiger partial charge on any atom is -0.493 e. The Bertz CT molecular complexity index is 1100. The third-order valence-electron chi connectivity index (χ3n) is 7.47. The number of unbranched alkanes of at least 4 members (excludes halogenated alkanes) is 1. The lowest BCUT2D eigenvalue weighted by molar-refractivity contribution is -0.150. The van der Waals surface area contributed by atoms with E-state index in [9.17, 15) is 9.59 Å². The van der Waals surface area contributed by atoms with Gasteiger partial charge in [-0.05, 0) is 42.9 Å². The standard InChI is InChI=1S/C30H40BrN3O4/c1-5-6-14-32-29(35)26-24-17-22(31)18-25(37-4)28(24)38-27(20(2)3)30(36)34(26)23-12-15-33(16-13-23)19-21-10-8-7-9-11-21/h7-11,17-18,20,23,26-27H,5-6,12-16,19H2,1-4H3,(H,32,35). The van der Waals surface area contributed by atoms with E-state index in [-0.39, 0.29) is 23.8 Å². The average Bonchev–Trinajstić information content (AvgIpc) is 3.03. The molecule has 2 aromatic carbocycles. The van der Waals surface area contributed by atoms with E-state index in [1.165, 1.54) is 5.56 Å². The van der Waals surface area contributed by atoms with Crippen molar-refractivity contribution in [2.75, 3.05) is 26.7 Å². The van der Waals surface area contributed by atoms with Crippen LogP contribution in [0, 0.1) is 5.92 Å². The zero-order chi connectivity index (χ0) is 27.2. The molecule has 38 heavy (non-hydrogen) atoms. The van der Waals surface area contributed by atoms with Gasteiger partial charge in [0.25, 0.3) is 5.91 Å². The van der Waals surface area contributed by atoms with E-state index in [4.69, 9.17) is 9.47 Å². The van der Waals surface area contributed by atoms with E-state index >= 15 is 0 Å². The minimum atomic E-state index is -0.796. The molecule has 1 saturated heterocycles. The first-order chi connectivity index (χ1) is 18.3. The van der Waals surface area contributed by atoms with Crippen molar-refractivity contribution < 1.29 is 19.1 Å². The SMILES string of the molecule is CCCCNC(=O)C1c2cc(Br)cc(OC)c2OC(C(C)C)C(=O)N1C1CCN(Cc2ccccc2)CC1.